The molecule has 1 aromatic carbocycles. The molecule has 1 aromatic heterocycles. The van der Waals surface area contributed by atoms with Crippen LogP contribution in [0.15, 0.2) is 24.3 Å². The zero-order valence-corrected chi connectivity index (χ0v) is 15.4. The second-order valence-electron chi connectivity index (χ2n) is 5.72. The molecule has 0 fully saturated rings. The molecule has 0 bridgehead atoms. The van der Waals surface area contributed by atoms with E-state index < -0.39 is 6.04 Å². The van der Waals surface area contributed by atoms with Crippen LogP contribution in [0, 0.1) is 12.7 Å². The number of amides is 1. The zero-order valence-electron chi connectivity index (χ0n) is 14.6. The van der Waals surface area contributed by atoms with Gasteiger partial charge in [-0.1, -0.05) is 19.1 Å². The molecule has 7 nitrogen and oxygen atoms in total. The van der Waals surface area contributed by atoms with Crippen LogP contribution in [0.5, 0.6) is 0 Å². The van der Waals surface area contributed by atoms with Crippen molar-refractivity contribution in [1.82, 2.24) is 30.8 Å². The SMILES string of the molecule is CCN[C@H](C)CNC(=O)C(Cc1ccc(F)cc1)n1nnnc1C.Cl. The largest absolute Gasteiger partial charge is 0.353 e. The Bertz CT molecular complexity index is 663. The molecule has 0 aliphatic rings. The Kier molecular flexibility index (Phi) is 8.44. The summed E-state index contributed by atoms with van der Waals surface area (Å²) in [5.41, 5.74) is 0.839. The van der Waals surface area contributed by atoms with E-state index in [1.807, 2.05) is 13.8 Å². The Morgan fingerprint density at radius 3 is 2.56 bits per heavy atom. The van der Waals surface area contributed by atoms with Gasteiger partial charge in [0.2, 0.25) is 5.91 Å². The number of carbonyl (C=O) groups excluding carboxylic acids is 1. The lowest BCUT2D eigenvalue weighted by Gasteiger charge is -2.19. The number of aromatic nitrogens is 4. The third kappa shape index (κ3) is 6.06. The minimum atomic E-state index is -0.584. The zero-order chi connectivity index (χ0) is 17.5. The van der Waals surface area contributed by atoms with Crippen LogP contribution in [0.2, 0.25) is 0 Å². The maximum absolute atomic E-state index is 13.1. The average Bonchev–Trinajstić information content (AvgIpc) is 2.98. The minimum absolute atomic E-state index is 0. The van der Waals surface area contributed by atoms with Gasteiger partial charge in [-0.25, -0.2) is 9.07 Å². The number of halogens is 2. The fourth-order valence-electron chi connectivity index (χ4n) is 2.45. The number of rotatable bonds is 8. The second-order valence-corrected chi connectivity index (χ2v) is 5.72. The number of nitrogens with one attached hydrogen (secondary N) is 2. The Morgan fingerprint density at radius 1 is 1.32 bits per heavy atom. The van der Waals surface area contributed by atoms with Crippen molar-refractivity contribution in [3.05, 3.63) is 41.5 Å². The molecule has 2 rings (SSSR count). The molecule has 1 heterocycles. The summed E-state index contributed by atoms with van der Waals surface area (Å²) in [6.07, 6.45) is 0.383. The van der Waals surface area contributed by atoms with Crippen molar-refractivity contribution in [3.63, 3.8) is 0 Å². The third-order valence-electron chi connectivity index (χ3n) is 3.73. The predicted octanol–water partition coefficient (Wildman–Crippen LogP) is 1.44. The Hall–Kier alpha value is -2.06. The molecule has 2 atom stereocenters. The number of carbonyl (C=O) groups is 1. The molecule has 2 N–H and O–H groups in total. The number of tetrazole rings is 1. The fraction of sp³-hybridized carbons (Fsp3) is 0.500. The van der Waals surface area contributed by atoms with Gasteiger partial charge in [-0.2, -0.15) is 0 Å². The van der Waals surface area contributed by atoms with Crippen LogP contribution in [0.4, 0.5) is 4.39 Å². The summed E-state index contributed by atoms with van der Waals surface area (Å²) < 4.78 is 14.6. The van der Waals surface area contributed by atoms with Crippen molar-refractivity contribution in [1.29, 1.82) is 0 Å². The molecule has 0 saturated heterocycles. The number of hydrogen-bond donors (Lipinski definition) is 2. The number of nitrogens with zero attached hydrogens (tertiary/aromatic N) is 4. The van der Waals surface area contributed by atoms with Crippen LogP contribution >= 0.6 is 12.4 Å². The predicted molar refractivity (Wildman–Crippen MR) is 95.1 cm³/mol. The molecular formula is C16H24ClFN6O. The van der Waals surface area contributed by atoms with Crippen LogP contribution in [0.1, 0.15) is 31.3 Å². The van der Waals surface area contributed by atoms with E-state index in [9.17, 15) is 9.18 Å². The van der Waals surface area contributed by atoms with E-state index in [0.29, 0.717) is 18.8 Å². The van der Waals surface area contributed by atoms with Crippen LogP contribution < -0.4 is 10.6 Å². The molecule has 0 aliphatic heterocycles. The van der Waals surface area contributed by atoms with Crippen LogP contribution in [0.25, 0.3) is 0 Å². The van der Waals surface area contributed by atoms with Gasteiger partial charge in [0.25, 0.3) is 0 Å². The second kappa shape index (κ2) is 10.0. The maximum Gasteiger partial charge on any atom is 0.245 e. The van der Waals surface area contributed by atoms with E-state index >= 15 is 0 Å². The molecule has 0 saturated carbocycles. The quantitative estimate of drug-likeness (QED) is 0.734. The van der Waals surface area contributed by atoms with Crippen LogP contribution in [0.3, 0.4) is 0 Å². The standard InChI is InChI=1S/C16H23FN6O.ClH/c1-4-18-11(2)10-19-16(24)15(23-12(3)20-21-22-23)9-13-5-7-14(17)8-6-13;/h5-8,11,15,18H,4,9-10H2,1-3H3,(H,19,24);1H/t11-,15?;/m1./s1. The van der Waals surface area contributed by atoms with Crippen molar-refractivity contribution in [2.75, 3.05) is 13.1 Å². The molecule has 1 amide bonds. The average molecular weight is 371 g/mol. The molecule has 9 heteroatoms. The van der Waals surface area contributed by atoms with Crippen molar-refractivity contribution >= 4 is 18.3 Å². The summed E-state index contributed by atoms with van der Waals surface area (Å²) in [7, 11) is 0. The molecule has 138 valence electrons. The number of benzene rings is 1. The first kappa shape index (κ1) is 21.0. The molecule has 2 aromatic rings. The highest BCUT2D eigenvalue weighted by Gasteiger charge is 2.24. The first-order valence-electron chi connectivity index (χ1n) is 8.01. The van der Waals surface area contributed by atoms with Gasteiger partial charge in [-0.05, 0) is 48.5 Å². The lowest BCUT2D eigenvalue weighted by Crippen LogP contribution is -2.42. The molecular weight excluding hydrogens is 347 g/mol. The smallest absolute Gasteiger partial charge is 0.245 e. The summed E-state index contributed by atoms with van der Waals surface area (Å²) in [6, 6.07) is 5.67. The highest BCUT2D eigenvalue weighted by atomic mass is 35.5. The Balaban J connectivity index is 0.00000312. The Labute approximate surface area is 152 Å². The van der Waals surface area contributed by atoms with Crippen LogP contribution in [-0.4, -0.2) is 45.2 Å². The van der Waals surface area contributed by atoms with Gasteiger partial charge >= 0.3 is 0 Å². The topological polar surface area (TPSA) is 84.7 Å². The van der Waals surface area contributed by atoms with E-state index in [4.69, 9.17) is 0 Å². The highest BCUT2D eigenvalue weighted by molar-refractivity contribution is 5.85. The minimum Gasteiger partial charge on any atom is -0.353 e. The lowest BCUT2D eigenvalue weighted by molar-refractivity contribution is -0.124. The van der Waals surface area contributed by atoms with E-state index in [0.717, 1.165) is 12.1 Å². The van der Waals surface area contributed by atoms with Gasteiger partial charge in [0.15, 0.2) is 0 Å². The van der Waals surface area contributed by atoms with E-state index in [2.05, 4.69) is 26.2 Å². The van der Waals surface area contributed by atoms with Crippen molar-refractivity contribution in [2.45, 2.75) is 39.3 Å². The Morgan fingerprint density at radius 2 is 2.00 bits per heavy atom. The van der Waals surface area contributed by atoms with Crippen molar-refractivity contribution < 1.29 is 9.18 Å². The van der Waals surface area contributed by atoms with Crippen molar-refractivity contribution in [3.8, 4) is 0 Å². The lowest BCUT2D eigenvalue weighted by atomic mass is 10.0. The van der Waals surface area contributed by atoms with Gasteiger partial charge < -0.3 is 10.6 Å². The first-order valence-corrected chi connectivity index (χ1v) is 8.01. The van der Waals surface area contributed by atoms with Gasteiger partial charge in [0, 0.05) is 19.0 Å². The van der Waals surface area contributed by atoms with Gasteiger partial charge in [-0.3, -0.25) is 4.79 Å². The summed E-state index contributed by atoms with van der Waals surface area (Å²) in [5.74, 6) is 0.0780. The summed E-state index contributed by atoms with van der Waals surface area (Å²) >= 11 is 0. The monoisotopic (exact) mass is 370 g/mol. The molecule has 0 spiro atoms. The van der Waals surface area contributed by atoms with E-state index in [-0.39, 0.29) is 30.2 Å². The molecule has 0 radical (unpaired) electrons. The number of aryl methyl sites for hydroxylation is 1. The summed E-state index contributed by atoms with van der Waals surface area (Å²) in [6.45, 7) is 7.10. The van der Waals surface area contributed by atoms with E-state index in [1.165, 1.54) is 16.8 Å². The number of hydrogen-bond acceptors (Lipinski definition) is 5. The van der Waals surface area contributed by atoms with Crippen LogP contribution in [-0.2, 0) is 11.2 Å². The third-order valence-corrected chi connectivity index (χ3v) is 3.73. The summed E-state index contributed by atoms with van der Waals surface area (Å²) in [4.78, 5) is 12.6. The van der Waals surface area contributed by atoms with Gasteiger partial charge in [0.05, 0.1) is 0 Å². The summed E-state index contributed by atoms with van der Waals surface area (Å²) in [5, 5.41) is 17.5. The molecule has 1 unspecified atom stereocenters. The molecule has 0 aliphatic carbocycles. The number of likely N-dealkylation sites (N-methyl/N-ethyl adjacent to an activating group) is 1. The first-order chi connectivity index (χ1) is 11.5. The van der Waals surface area contributed by atoms with Gasteiger partial charge in [-0.15, -0.1) is 17.5 Å². The van der Waals surface area contributed by atoms with E-state index in [1.54, 1.807) is 19.1 Å². The van der Waals surface area contributed by atoms with Crippen molar-refractivity contribution in [2.24, 2.45) is 0 Å². The normalized spacial score (nSPS) is 13.0. The van der Waals surface area contributed by atoms with Gasteiger partial charge in [0.1, 0.15) is 17.7 Å². The highest BCUT2D eigenvalue weighted by Crippen LogP contribution is 2.15. The maximum atomic E-state index is 13.1. The fourth-order valence-corrected chi connectivity index (χ4v) is 2.45. The molecule has 25 heavy (non-hydrogen) atoms.